The summed E-state index contributed by atoms with van der Waals surface area (Å²) in [5.74, 6) is -0.285. The van der Waals surface area contributed by atoms with Crippen molar-refractivity contribution in [2.75, 3.05) is 0 Å². The lowest BCUT2D eigenvalue weighted by molar-refractivity contribution is 0.629. The zero-order chi connectivity index (χ0) is 16.1. The van der Waals surface area contributed by atoms with E-state index in [1.54, 1.807) is 17.4 Å². The van der Waals surface area contributed by atoms with E-state index in [0.29, 0.717) is 5.52 Å². The zero-order valence-corrected chi connectivity index (χ0v) is 13.3. The van der Waals surface area contributed by atoms with Crippen molar-refractivity contribution in [3.05, 3.63) is 72.8 Å². The van der Waals surface area contributed by atoms with Crippen LogP contribution in [0.3, 0.4) is 0 Å². The van der Waals surface area contributed by atoms with E-state index in [4.69, 9.17) is 0 Å². The number of rotatable bonds is 1. The van der Waals surface area contributed by atoms with E-state index in [9.17, 15) is 4.39 Å². The van der Waals surface area contributed by atoms with Crippen LogP contribution in [-0.4, -0.2) is 9.97 Å². The van der Waals surface area contributed by atoms with Crippen LogP contribution in [-0.2, 0) is 0 Å². The van der Waals surface area contributed by atoms with Crippen LogP contribution < -0.4 is 0 Å². The first-order valence-electron chi connectivity index (χ1n) is 7.62. The minimum atomic E-state index is -0.285. The first-order valence-corrected chi connectivity index (χ1v) is 8.44. The number of halogens is 1. The van der Waals surface area contributed by atoms with Crippen molar-refractivity contribution >= 4 is 42.4 Å². The summed E-state index contributed by atoms with van der Waals surface area (Å²) in [5.41, 5.74) is 2.53. The van der Waals surface area contributed by atoms with Crippen molar-refractivity contribution in [3.8, 4) is 11.3 Å². The predicted molar refractivity (Wildman–Crippen MR) is 97.8 cm³/mol. The van der Waals surface area contributed by atoms with Gasteiger partial charge in [0, 0.05) is 37.2 Å². The Morgan fingerprint density at radius 3 is 2.62 bits per heavy atom. The van der Waals surface area contributed by atoms with Gasteiger partial charge in [0.05, 0.1) is 11.2 Å². The first kappa shape index (κ1) is 13.6. The molecule has 0 atom stereocenters. The molecule has 24 heavy (non-hydrogen) atoms. The summed E-state index contributed by atoms with van der Waals surface area (Å²) < 4.78 is 16.0. The fourth-order valence-electron chi connectivity index (χ4n) is 3.18. The standard InChI is InChI=1S/C20H11FN2S/c21-12-8-9-15-17(10-12)22-11-23-19(15)16-6-3-5-14-13-4-1-2-7-18(13)24-20(14)16/h1-11H. The molecule has 2 aromatic heterocycles. The molecule has 0 fully saturated rings. The lowest BCUT2D eigenvalue weighted by Crippen LogP contribution is -1.90. The number of fused-ring (bicyclic) bond motifs is 4. The van der Waals surface area contributed by atoms with Crippen molar-refractivity contribution in [1.29, 1.82) is 0 Å². The summed E-state index contributed by atoms with van der Waals surface area (Å²) in [6, 6.07) is 19.3. The Labute approximate surface area is 141 Å². The van der Waals surface area contributed by atoms with E-state index in [-0.39, 0.29) is 5.82 Å². The summed E-state index contributed by atoms with van der Waals surface area (Å²) in [5, 5.41) is 3.34. The first-order chi connectivity index (χ1) is 11.8. The monoisotopic (exact) mass is 330 g/mol. The quantitative estimate of drug-likeness (QED) is 0.388. The number of aromatic nitrogens is 2. The molecule has 5 aromatic rings. The van der Waals surface area contributed by atoms with E-state index < -0.39 is 0 Å². The van der Waals surface area contributed by atoms with Crippen molar-refractivity contribution in [1.82, 2.24) is 9.97 Å². The van der Waals surface area contributed by atoms with E-state index in [2.05, 4.69) is 46.4 Å². The van der Waals surface area contributed by atoms with Gasteiger partial charge in [-0.15, -0.1) is 11.3 Å². The highest BCUT2D eigenvalue weighted by atomic mass is 32.1. The molecule has 0 saturated carbocycles. The van der Waals surface area contributed by atoms with Crippen LogP contribution in [0.2, 0.25) is 0 Å². The largest absolute Gasteiger partial charge is 0.236 e. The third-order valence-electron chi connectivity index (χ3n) is 4.26. The van der Waals surface area contributed by atoms with Gasteiger partial charge in [0.2, 0.25) is 0 Å². The molecule has 0 radical (unpaired) electrons. The molecule has 2 nitrogen and oxygen atoms in total. The van der Waals surface area contributed by atoms with Crippen molar-refractivity contribution in [2.45, 2.75) is 0 Å². The van der Waals surface area contributed by atoms with Crippen LogP contribution in [0.5, 0.6) is 0 Å². The highest BCUT2D eigenvalue weighted by Gasteiger charge is 2.13. The van der Waals surface area contributed by atoms with Gasteiger partial charge >= 0.3 is 0 Å². The molecule has 0 spiro atoms. The smallest absolute Gasteiger partial charge is 0.125 e. The fourth-order valence-corrected chi connectivity index (χ4v) is 4.40. The summed E-state index contributed by atoms with van der Waals surface area (Å²) in [6.45, 7) is 0. The number of thiophene rings is 1. The van der Waals surface area contributed by atoms with Gasteiger partial charge in [0.25, 0.3) is 0 Å². The highest BCUT2D eigenvalue weighted by Crippen LogP contribution is 2.40. The maximum absolute atomic E-state index is 13.5. The molecule has 0 saturated heterocycles. The molecule has 4 heteroatoms. The summed E-state index contributed by atoms with van der Waals surface area (Å²) >= 11 is 1.76. The Morgan fingerprint density at radius 1 is 0.792 bits per heavy atom. The van der Waals surface area contributed by atoms with Gasteiger partial charge in [-0.1, -0.05) is 36.4 Å². The Balaban J connectivity index is 1.90. The molecular weight excluding hydrogens is 319 g/mol. The maximum atomic E-state index is 13.5. The minimum absolute atomic E-state index is 0.285. The topological polar surface area (TPSA) is 25.8 Å². The lowest BCUT2D eigenvalue weighted by Gasteiger charge is -2.06. The van der Waals surface area contributed by atoms with Gasteiger partial charge in [-0.3, -0.25) is 0 Å². The van der Waals surface area contributed by atoms with Crippen LogP contribution >= 0.6 is 11.3 Å². The molecular formula is C20H11FN2S. The molecule has 0 aliphatic rings. The van der Waals surface area contributed by atoms with Gasteiger partial charge in [0.15, 0.2) is 0 Å². The Kier molecular flexibility index (Phi) is 2.87. The SMILES string of the molecule is Fc1ccc2c(-c3cccc4c3sc3ccccc34)ncnc2c1. The molecule has 0 aliphatic carbocycles. The van der Waals surface area contributed by atoms with Gasteiger partial charge < -0.3 is 0 Å². The average Bonchev–Trinajstić information content (AvgIpc) is 3.00. The highest BCUT2D eigenvalue weighted by molar-refractivity contribution is 7.26. The fraction of sp³-hybridized carbons (Fsp3) is 0. The number of hydrogen-bond acceptors (Lipinski definition) is 3. The van der Waals surface area contributed by atoms with E-state index in [0.717, 1.165) is 16.6 Å². The lowest BCUT2D eigenvalue weighted by atomic mass is 10.0. The van der Waals surface area contributed by atoms with E-state index in [1.165, 1.54) is 38.6 Å². The number of nitrogens with zero attached hydrogens (tertiary/aromatic N) is 2. The molecule has 3 aromatic carbocycles. The van der Waals surface area contributed by atoms with Crippen LogP contribution in [0.25, 0.3) is 42.3 Å². The zero-order valence-electron chi connectivity index (χ0n) is 12.5. The second-order valence-corrected chi connectivity index (χ2v) is 6.72. The minimum Gasteiger partial charge on any atom is -0.236 e. The second-order valence-electron chi connectivity index (χ2n) is 5.66. The van der Waals surface area contributed by atoms with Crippen molar-refractivity contribution in [3.63, 3.8) is 0 Å². The average molecular weight is 330 g/mol. The summed E-state index contributed by atoms with van der Waals surface area (Å²) in [6.07, 6.45) is 1.50. The summed E-state index contributed by atoms with van der Waals surface area (Å²) in [7, 11) is 0. The maximum Gasteiger partial charge on any atom is 0.125 e. The van der Waals surface area contributed by atoms with E-state index >= 15 is 0 Å². The molecule has 0 N–H and O–H groups in total. The van der Waals surface area contributed by atoms with E-state index in [1.807, 2.05) is 6.07 Å². The van der Waals surface area contributed by atoms with Crippen LogP contribution in [0.1, 0.15) is 0 Å². The third-order valence-corrected chi connectivity index (χ3v) is 5.48. The molecule has 5 rings (SSSR count). The van der Waals surface area contributed by atoms with Crippen molar-refractivity contribution < 1.29 is 4.39 Å². The molecule has 2 heterocycles. The molecule has 0 bridgehead atoms. The van der Waals surface area contributed by atoms with Crippen LogP contribution in [0, 0.1) is 5.82 Å². The normalized spacial score (nSPS) is 11.5. The third kappa shape index (κ3) is 1.93. The van der Waals surface area contributed by atoms with Crippen LogP contribution in [0.15, 0.2) is 67.0 Å². The van der Waals surface area contributed by atoms with Gasteiger partial charge in [-0.05, 0) is 18.2 Å². The Hall–Kier alpha value is -2.85. The van der Waals surface area contributed by atoms with Crippen LogP contribution in [0.4, 0.5) is 4.39 Å². The molecule has 0 amide bonds. The second kappa shape index (κ2) is 5.08. The summed E-state index contributed by atoms with van der Waals surface area (Å²) in [4.78, 5) is 8.70. The van der Waals surface area contributed by atoms with Crippen molar-refractivity contribution in [2.24, 2.45) is 0 Å². The Bertz CT molecular complexity index is 1230. The molecule has 0 unspecified atom stereocenters. The molecule has 0 aliphatic heterocycles. The molecule has 114 valence electrons. The predicted octanol–water partition coefficient (Wildman–Crippen LogP) is 5.80. The number of benzene rings is 3. The van der Waals surface area contributed by atoms with Gasteiger partial charge in [-0.25, -0.2) is 14.4 Å². The Morgan fingerprint density at radius 2 is 1.67 bits per heavy atom. The number of hydrogen-bond donors (Lipinski definition) is 0. The van der Waals surface area contributed by atoms with Gasteiger partial charge in [-0.2, -0.15) is 0 Å². The van der Waals surface area contributed by atoms with Gasteiger partial charge in [0.1, 0.15) is 12.1 Å².